The van der Waals surface area contributed by atoms with Gasteiger partial charge < -0.3 is 0 Å². The monoisotopic (exact) mass is 309 g/mol. The maximum absolute atomic E-state index is 12.5. The zero-order chi connectivity index (χ0) is 15.7. The lowest BCUT2D eigenvalue weighted by atomic mass is 9.99. The molecule has 1 fully saturated rings. The van der Waals surface area contributed by atoms with E-state index in [0.29, 0.717) is 12.5 Å². The van der Waals surface area contributed by atoms with Gasteiger partial charge in [-0.3, -0.25) is 9.58 Å². The van der Waals surface area contributed by atoms with Crippen LogP contribution < -0.4 is 0 Å². The van der Waals surface area contributed by atoms with Gasteiger partial charge in [0, 0.05) is 38.3 Å². The summed E-state index contributed by atoms with van der Waals surface area (Å²) < 4.78 is 39.5. The van der Waals surface area contributed by atoms with Gasteiger partial charge in [-0.25, -0.2) is 0 Å². The summed E-state index contributed by atoms with van der Waals surface area (Å²) in [6, 6.07) is 5.43. The summed E-state index contributed by atoms with van der Waals surface area (Å²) in [6.07, 6.45) is -0.389. The first kappa shape index (κ1) is 15.1. The normalized spacial score (nSPS) is 16.7. The first-order chi connectivity index (χ1) is 10.4. The van der Waals surface area contributed by atoms with Gasteiger partial charge in [0.25, 0.3) is 0 Å². The molecule has 0 bridgehead atoms. The van der Waals surface area contributed by atoms with Crippen LogP contribution in [0, 0.1) is 12.8 Å². The summed E-state index contributed by atoms with van der Waals surface area (Å²) in [6.45, 7) is 5.53. The van der Waals surface area contributed by atoms with E-state index in [9.17, 15) is 13.2 Å². The van der Waals surface area contributed by atoms with Crippen molar-refractivity contribution in [2.24, 2.45) is 5.92 Å². The zero-order valence-corrected chi connectivity index (χ0v) is 12.3. The Kier molecular flexibility index (Phi) is 3.95. The second kappa shape index (κ2) is 5.76. The molecule has 2 aromatic rings. The zero-order valence-electron chi connectivity index (χ0n) is 12.3. The van der Waals surface area contributed by atoms with Gasteiger partial charge in [-0.15, -0.1) is 0 Å². The first-order valence-corrected chi connectivity index (χ1v) is 7.28. The quantitative estimate of drug-likeness (QED) is 0.863. The Balaban J connectivity index is 1.48. The lowest BCUT2D eigenvalue weighted by Gasteiger charge is -2.39. The predicted molar refractivity (Wildman–Crippen MR) is 77.2 cm³/mol. The molecule has 3 rings (SSSR count). The first-order valence-electron chi connectivity index (χ1n) is 7.28. The van der Waals surface area contributed by atoms with Crippen molar-refractivity contribution < 1.29 is 13.2 Å². The molecule has 1 saturated heterocycles. The average Bonchev–Trinajstić information content (AvgIpc) is 2.81. The number of hydrogen-bond donors (Lipinski definition) is 0. The molecular formula is C16H18F3N3. The van der Waals surface area contributed by atoms with Crippen LogP contribution in [0.3, 0.4) is 0 Å². The summed E-state index contributed by atoms with van der Waals surface area (Å²) in [4.78, 5) is 2.24. The highest BCUT2D eigenvalue weighted by molar-refractivity contribution is 5.24. The fourth-order valence-electron chi connectivity index (χ4n) is 2.81. The Bertz CT molecular complexity index is 625. The number of aromatic nitrogens is 2. The molecule has 0 radical (unpaired) electrons. The van der Waals surface area contributed by atoms with Gasteiger partial charge in [-0.05, 0) is 30.2 Å². The molecule has 118 valence electrons. The minimum atomic E-state index is -4.26. The van der Waals surface area contributed by atoms with Crippen LogP contribution >= 0.6 is 0 Å². The fraction of sp³-hybridized carbons (Fsp3) is 0.438. The largest absolute Gasteiger partial charge is 0.416 e. The summed E-state index contributed by atoms with van der Waals surface area (Å²) in [5.74, 6) is 0.564. The molecule has 1 aromatic carbocycles. The van der Waals surface area contributed by atoms with Crippen LogP contribution in [0.5, 0.6) is 0 Å². The van der Waals surface area contributed by atoms with Crippen molar-refractivity contribution in [3.05, 3.63) is 53.3 Å². The van der Waals surface area contributed by atoms with E-state index >= 15 is 0 Å². The van der Waals surface area contributed by atoms with Gasteiger partial charge in [-0.1, -0.05) is 12.1 Å². The van der Waals surface area contributed by atoms with Crippen molar-refractivity contribution in [2.75, 3.05) is 13.1 Å². The summed E-state index contributed by atoms with van der Waals surface area (Å²) in [7, 11) is 0. The van der Waals surface area contributed by atoms with Gasteiger partial charge in [0.1, 0.15) is 0 Å². The molecule has 0 aliphatic carbocycles. The maximum Gasteiger partial charge on any atom is 0.416 e. The number of rotatable bonds is 4. The van der Waals surface area contributed by atoms with E-state index in [-0.39, 0.29) is 0 Å². The number of likely N-dealkylation sites (tertiary alicyclic amines) is 1. The molecule has 3 nitrogen and oxygen atoms in total. The molecule has 0 spiro atoms. The number of hydrogen-bond acceptors (Lipinski definition) is 2. The van der Waals surface area contributed by atoms with Crippen LogP contribution in [0.2, 0.25) is 0 Å². The molecule has 1 aliphatic rings. The molecule has 0 saturated carbocycles. The van der Waals surface area contributed by atoms with Crippen molar-refractivity contribution in [3.63, 3.8) is 0 Å². The second-order valence-corrected chi connectivity index (χ2v) is 5.99. The molecule has 0 amide bonds. The highest BCUT2D eigenvalue weighted by Gasteiger charge is 2.30. The SMILES string of the molecule is Cc1cnn(CC2CN(Cc3ccc(C(F)(F)F)cc3)C2)c1. The molecule has 6 heteroatoms. The van der Waals surface area contributed by atoms with E-state index in [2.05, 4.69) is 10.00 Å². The van der Waals surface area contributed by atoms with E-state index in [1.54, 1.807) is 12.1 Å². The Morgan fingerprint density at radius 3 is 2.41 bits per heavy atom. The molecule has 22 heavy (non-hydrogen) atoms. The van der Waals surface area contributed by atoms with Crippen molar-refractivity contribution in [1.29, 1.82) is 0 Å². The van der Waals surface area contributed by atoms with Crippen LogP contribution in [-0.4, -0.2) is 27.8 Å². The van der Waals surface area contributed by atoms with E-state index in [1.165, 1.54) is 0 Å². The van der Waals surface area contributed by atoms with Gasteiger partial charge >= 0.3 is 6.18 Å². The number of halogens is 3. The van der Waals surface area contributed by atoms with Crippen molar-refractivity contribution in [2.45, 2.75) is 26.2 Å². The van der Waals surface area contributed by atoms with Crippen LogP contribution in [0.25, 0.3) is 0 Å². The lowest BCUT2D eigenvalue weighted by Crippen LogP contribution is -2.47. The standard InChI is InChI=1S/C16H18F3N3/c1-12-6-20-22(7-12)11-14-9-21(10-14)8-13-2-4-15(5-3-13)16(17,18)19/h2-7,14H,8-11H2,1H3. The van der Waals surface area contributed by atoms with Crippen molar-refractivity contribution >= 4 is 0 Å². The topological polar surface area (TPSA) is 21.1 Å². The number of benzene rings is 1. The average molecular weight is 309 g/mol. The highest BCUT2D eigenvalue weighted by atomic mass is 19.4. The van der Waals surface area contributed by atoms with E-state index in [4.69, 9.17) is 0 Å². The van der Waals surface area contributed by atoms with Crippen molar-refractivity contribution in [1.82, 2.24) is 14.7 Å². The van der Waals surface area contributed by atoms with Gasteiger partial charge in [0.2, 0.25) is 0 Å². The summed E-state index contributed by atoms with van der Waals surface area (Å²) in [5.41, 5.74) is 1.48. The molecule has 0 unspecified atom stereocenters. The third-order valence-electron chi connectivity index (χ3n) is 3.93. The van der Waals surface area contributed by atoms with Crippen molar-refractivity contribution in [3.8, 4) is 0 Å². The number of alkyl halides is 3. The van der Waals surface area contributed by atoms with Crippen LogP contribution in [-0.2, 0) is 19.3 Å². The summed E-state index contributed by atoms with van der Waals surface area (Å²) in [5, 5.41) is 4.27. The van der Waals surface area contributed by atoms with E-state index in [1.807, 2.05) is 24.0 Å². The Morgan fingerprint density at radius 2 is 1.86 bits per heavy atom. The molecule has 2 heterocycles. The van der Waals surface area contributed by atoms with Gasteiger partial charge in [0.15, 0.2) is 0 Å². The van der Waals surface area contributed by atoms with Gasteiger partial charge in [0.05, 0.1) is 11.8 Å². The minimum Gasteiger partial charge on any atom is -0.298 e. The molecule has 0 N–H and O–H groups in total. The third kappa shape index (κ3) is 3.50. The maximum atomic E-state index is 12.5. The molecule has 0 atom stereocenters. The van der Waals surface area contributed by atoms with E-state index < -0.39 is 11.7 Å². The lowest BCUT2D eigenvalue weighted by molar-refractivity contribution is -0.137. The van der Waals surface area contributed by atoms with Crippen LogP contribution in [0.4, 0.5) is 13.2 Å². The minimum absolute atomic E-state index is 0.564. The highest BCUT2D eigenvalue weighted by Crippen LogP contribution is 2.29. The van der Waals surface area contributed by atoms with Crippen LogP contribution in [0.1, 0.15) is 16.7 Å². The fourth-order valence-corrected chi connectivity index (χ4v) is 2.81. The van der Waals surface area contributed by atoms with Crippen LogP contribution in [0.15, 0.2) is 36.7 Å². The van der Waals surface area contributed by atoms with Gasteiger partial charge in [-0.2, -0.15) is 18.3 Å². The molecule has 1 aromatic heterocycles. The summed E-state index contributed by atoms with van der Waals surface area (Å²) >= 11 is 0. The Labute approximate surface area is 127 Å². The number of nitrogens with zero attached hydrogens (tertiary/aromatic N) is 3. The smallest absolute Gasteiger partial charge is 0.298 e. The second-order valence-electron chi connectivity index (χ2n) is 5.99. The third-order valence-corrected chi connectivity index (χ3v) is 3.93. The Morgan fingerprint density at radius 1 is 1.18 bits per heavy atom. The molecular weight excluding hydrogens is 291 g/mol. The predicted octanol–water partition coefficient (Wildman–Crippen LogP) is 3.34. The molecule has 1 aliphatic heterocycles. The number of aryl methyl sites for hydroxylation is 1. The Hall–Kier alpha value is -1.82. The van der Waals surface area contributed by atoms with E-state index in [0.717, 1.165) is 42.9 Å².